The van der Waals surface area contributed by atoms with Gasteiger partial charge in [0.25, 0.3) is 0 Å². The third-order valence-corrected chi connectivity index (χ3v) is 5.80. The number of fused-ring (bicyclic) bond motifs is 1. The Bertz CT molecular complexity index is 951. The lowest BCUT2D eigenvalue weighted by atomic mass is 10.1. The number of hydrogen-bond donors (Lipinski definition) is 1. The van der Waals surface area contributed by atoms with Crippen LogP contribution < -0.4 is 10.6 Å². The summed E-state index contributed by atoms with van der Waals surface area (Å²) in [4.78, 5) is 26.5. The summed E-state index contributed by atoms with van der Waals surface area (Å²) in [5.74, 6) is -0.429. The number of nitrogens with zero attached hydrogens (tertiary/aromatic N) is 3. The van der Waals surface area contributed by atoms with Gasteiger partial charge in [-0.3, -0.25) is 9.59 Å². The number of carbonyl (C=O) groups is 2. The number of hydrogen-bond acceptors (Lipinski definition) is 7. The van der Waals surface area contributed by atoms with Crippen LogP contribution in [-0.2, 0) is 9.59 Å². The maximum atomic E-state index is 12.8. The topological polar surface area (TPSA) is 89.2 Å². The maximum Gasteiger partial charge on any atom is 0.247 e. The van der Waals surface area contributed by atoms with E-state index < -0.39 is 5.25 Å². The number of nitrogens with two attached hydrogens (primary N) is 1. The molecule has 1 aliphatic rings. The second-order valence-electron chi connectivity index (χ2n) is 5.28. The summed E-state index contributed by atoms with van der Waals surface area (Å²) < 4.78 is 0.596. The van der Waals surface area contributed by atoms with Gasteiger partial charge in [-0.05, 0) is 11.5 Å². The number of aromatic nitrogens is 2. The van der Waals surface area contributed by atoms with Crippen molar-refractivity contribution in [3.63, 3.8) is 0 Å². The van der Waals surface area contributed by atoms with Crippen LogP contribution in [-0.4, -0.2) is 27.3 Å². The van der Waals surface area contributed by atoms with E-state index in [4.69, 9.17) is 5.73 Å². The van der Waals surface area contributed by atoms with E-state index in [-0.39, 0.29) is 18.2 Å². The molecule has 2 N–H and O–H groups in total. The molecule has 8 heteroatoms. The van der Waals surface area contributed by atoms with Crippen molar-refractivity contribution in [3.05, 3.63) is 42.5 Å². The van der Waals surface area contributed by atoms with E-state index in [0.29, 0.717) is 15.2 Å². The van der Waals surface area contributed by atoms with Crippen molar-refractivity contribution < 1.29 is 9.59 Å². The van der Waals surface area contributed by atoms with Crippen LogP contribution in [0.4, 0.5) is 10.8 Å². The van der Waals surface area contributed by atoms with Crippen LogP contribution in [0, 0.1) is 0 Å². The standard InChI is InChI=1S/C16H12N4O2S2/c17-15-18-19-16(24-15)23-12-8-13(21)20(14(12)22)11-7-3-5-9-4-1-2-6-10(9)11/h1-7,12H,8H2,(H2,17,18). The van der Waals surface area contributed by atoms with Crippen LogP contribution >= 0.6 is 23.1 Å². The molecule has 0 bridgehead atoms. The highest BCUT2D eigenvalue weighted by Gasteiger charge is 2.41. The minimum atomic E-state index is -0.496. The average molecular weight is 356 g/mol. The van der Waals surface area contributed by atoms with E-state index in [9.17, 15) is 9.59 Å². The van der Waals surface area contributed by atoms with E-state index in [2.05, 4.69) is 10.2 Å². The van der Waals surface area contributed by atoms with Crippen molar-refractivity contribution in [3.8, 4) is 0 Å². The van der Waals surface area contributed by atoms with Crippen LogP contribution in [0.5, 0.6) is 0 Å². The van der Waals surface area contributed by atoms with Gasteiger partial charge in [0.1, 0.15) is 5.25 Å². The van der Waals surface area contributed by atoms with Gasteiger partial charge in [-0.2, -0.15) is 0 Å². The fourth-order valence-electron chi connectivity index (χ4n) is 2.74. The maximum absolute atomic E-state index is 12.8. The van der Waals surface area contributed by atoms with Gasteiger partial charge < -0.3 is 5.73 Å². The van der Waals surface area contributed by atoms with Crippen LogP contribution in [0.1, 0.15) is 6.42 Å². The summed E-state index contributed by atoms with van der Waals surface area (Å²) in [6.07, 6.45) is 0.145. The van der Waals surface area contributed by atoms with Crippen LogP contribution in [0.25, 0.3) is 10.8 Å². The molecule has 1 fully saturated rings. The molecule has 1 unspecified atom stereocenters. The summed E-state index contributed by atoms with van der Waals surface area (Å²) in [5.41, 5.74) is 6.19. The summed E-state index contributed by atoms with van der Waals surface area (Å²) in [7, 11) is 0. The van der Waals surface area contributed by atoms with E-state index in [0.717, 1.165) is 10.8 Å². The zero-order valence-electron chi connectivity index (χ0n) is 12.4. The second-order valence-corrected chi connectivity index (χ2v) is 7.74. The van der Waals surface area contributed by atoms with Gasteiger partial charge in [0, 0.05) is 11.8 Å². The molecule has 1 aliphatic heterocycles. The van der Waals surface area contributed by atoms with Gasteiger partial charge in [0.2, 0.25) is 16.9 Å². The van der Waals surface area contributed by atoms with Crippen LogP contribution in [0.3, 0.4) is 0 Å². The molecule has 0 radical (unpaired) electrons. The lowest BCUT2D eigenvalue weighted by Gasteiger charge is -2.17. The third kappa shape index (κ3) is 2.53. The number of thioether (sulfide) groups is 1. The number of imide groups is 1. The average Bonchev–Trinajstić information content (AvgIpc) is 3.11. The highest BCUT2D eigenvalue weighted by Crippen LogP contribution is 2.37. The number of nitrogen functional groups attached to an aromatic ring is 1. The summed E-state index contributed by atoms with van der Waals surface area (Å²) in [6.45, 7) is 0. The Labute approximate surface area is 145 Å². The Hall–Kier alpha value is -2.45. The molecule has 4 rings (SSSR count). The molecule has 0 aliphatic carbocycles. The number of anilines is 2. The zero-order chi connectivity index (χ0) is 16.7. The summed E-state index contributed by atoms with van der Waals surface area (Å²) in [5, 5.41) is 9.37. The SMILES string of the molecule is Nc1nnc(SC2CC(=O)N(c3cccc4ccccc34)C2=O)s1. The molecular formula is C16H12N4O2S2. The van der Waals surface area contributed by atoms with Crippen molar-refractivity contribution >= 4 is 56.5 Å². The van der Waals surface area contributed by atoms with E-state index in [1.165, 1.54) is 28.0 Å². The lowest BCUT2D eigenvalue weighted by molar-refractivity contribution is -0.121. The number of benzene rings is 2. The molecular weight excluding hydrogens is 344 g/mol. The molecule has 0 saturated carbocycles. The summed E-state index contributed by atoms with van der Waals surface area (Å²) in [6, 6.07) is 13.3. The van der Waals surface area contributed by atoms with Crippen molar-refractivity contribution in [1.82, 2.24) is 10.2 Å². The van der Waals surface area contributed by atoms with Crippen molar-refractivity contribution in [2.24, 2.45) is 0 Å². The first-order valence-electron chi connectivity index (χ1n) is 7.23. The summed E-state index contributed by atoms with van der Waals surface area (Å²) >= 11 is 2.45. The molecule has 1 atom stereocenters. The lowest BCUT2D eigenvalue weighted by Crippen LogP contribution is -2.31. The molecule has 24 heavy (non-hydrogen) atoms. The molecule has 120 valence electrons. The highest BCUT2D eigenvalue weighted by molar-refractivity contribution is 8.02. The molecule has 6 nitrogen and oxygen atoms in total. The first-order valence-corrected chi connectivity index (χ1v) is 8.93. The van der Waals surface area contributed by atoms with Crippen molar-refractivity contribution in [1.29, 1.82) is 0 Å². The predicted molar refractivity (Wildman–Crippen MR) is 95.0 cm³/mol. The van der Waals surface area contributed by atoms with Crippen molar-refractivity contribution in [2.45, 2.75) is 16.0 Å². The molecule has 1 saturated heterocycles. The molecule has 1 aromatic heterocycles. The normalized spacial score (nSPS) is 17.8. The predicted octanol–water partition coefficient (Wildman–Crippen LogP) is 2.70. The van der Waals surface area contributed by atoms with Crippen LogP contribution in [0.15, 0.2) is 46.8 Å². The van der Waals surface area contributed by atoms with Crippen molar-refractivity contribution in [2.75, 3.05) is 10.6 Å². The van der Waals surface area contributed by atoms with Gasteiger partial charge in [-0.15, -0.1) is 10.2 Å². The first kappa shape index (κ1) is 15.1. The van der Waals surface area contributed by atoms with Gasteiger partial charge in [-0.25, -0.2) is 4.90 Å². The fourth-order valence-corrected chi connectivity index (χ4v) is 4.64. The zero-order valence-corrected chi connectivity index (χ0v) is 14.0. The van der Waals surface area contributed by atoms with Crippen LogP contribution in [0.2, 0.25) is 0 Å². The smallest absolute Gasteiger partial charge is 0.247 e. The Balaban J connectivity index is 1.68. The Morgan fingerprint density at radius 1 is 1.12 bits per heavy atom. The number of amides is 2. The fraction of sp³-hybridized carbons (Fsp3) is 0.125. The highest BCUT2D eigenvalue weighted by atomic mass is 32.2. The molecule has 2 aromatic carbocycles. The minimum absolute atomic E-state index is 0.145. The number of carbonyl (C=O) groups excluding carboxylic acids is 2. The van der Waals surface area contributed by atoms with E-state index in [1.807, 2.05) is 36.4 Å². The largest absolute Gasteiger partial charge is 0.374 e. The van der Waals surface area contributed by atoms with Gasteiger partial charge in [0.15, 0.2) is 4.34 Å². The molecule has 2 heterocycles. The Morgan fingerprint density at radius 3 is 2.71 bits per heavy atom. The van der Waals surface area contributed by atoms with E-state index >= 15 is 0 Å². The van der Waals surface area contributed by atoms with Gasteiger partial charge in [-0.1, -0.05) is 59.5 Å². The quantitative estimate of drug-likeness (QED) is 0.726. The van der Waals surface area contributed by atoms with Gasteiger partial charge >= 0.3 is 0 Å². The molecule has 0 spiro atoms. The third-order valence-electron chi connectivity index (χ3n) is 3.78. The Morgan fingerprint density at radius 2 is 1.92 bits per heavy atom. The van der Waals surface area contributed by atoms with Gasteiger partial charge in [0.05, 0.1) is 5.69 Å². The molecule has 3 aromatic rings. The minimum Gasteiger partial charge on any atom is -0.374 e. The second kappa shape index (κ2) is 5.88. The Kier molecular flexibility index (Phi) is 3.70. The monoisotopic (exact) mass is 356 g/mol. The van der Waals surface area contributed by atoms with E-state index in [1.54, 1.807) is 6.07 Å². The molecule has 2 amide bonds. The number of rotatable bonds is 3. The first-order chi connectivity index (χ1) is 11.6.